The van der Waals surface area contributed by atoms with Gasteiger partial charge in [-0.2, -0.15) is 0 Å². The summed E-state index contributed by atoms with van der Waals surface area (Å²) in [5, 5.41) is 8.57. The van der Waals surface area contributed by atoms with Crippen LogP contribution in [0.1, 0.15) is 6.42 Å². The number of halogens is 1. The van der Waals surface area contributed by atoms with E-state index >= 15 is 0 Å². The van der Waals surface area contributed by atoms with Gasteiger partial charge in [0.25, 0.3) is 0 Å². The molecule has 76 valence electrons. The van der Waals surface area contributed by atoms with Crippen LogP contribution in [-0.4, -0.2) is 24.7 Å². The third-order valence-corrected chi connectivity index (χ3v) is 1.91. The maximum absolute atomic E-state index is 12.6. The van der Waals surface area contributed by atoms with Crippen molar-refractivity contribution in [1.29, 1.82) is 0 Å². The SMILES string of the molecule is CN(C(=O)CCO)c1ccc(F)cc1. The fourth-order valence-corrected chi connectivity index (χ4v) is 1.07. The minimum Gasteiger partial charge on any atom is -0.396 e. The van der Waals surface area contributed by atoms with Crippen molar-refractivity contribution in [2.24, 2.45) is 0 Å². The number of nitrogens with zero attached hydrogens (tertiary/aromatic N) is 1. The van der Waals surface area contributed by atoms with E-state index in [0.717, 1.165) is 0 Å². The molecule has 0 saturated heterocycles. The van der Waals surface area contributed by atoms with Crippen LogP contribution in [0, 0.1) is 5.82 Å². The lowest BCUT2D eigenvalue weighted by Crippen LogP contribution is -2.26. The van der Waals surface area contributed by atoms with E-state index in [-0.39, 0.29) is 24.8 Å². The molecule has 0 aliphatic carbocycles. The van der Waals surface area contributed by atoms with Crippen LogP contribution in [-0.2, 0) is 4.79 Å². The first-order valence-electron chi connectivity index (χ1n) is 4.28. The first-order valence-corrected chi connectivity index (χ1v) is 4.28. The second-order valence-corrected chi connectivity index (χ2v) is 2.90. The Labute approximate surface area is 81.8 Å². The summed E-state index contributed by atoms with van der Waals surface area (Å²) in [6.45, 7) is -0.176. The Morgan fingerprint density at radius 2 is 2.00 bits per heavy atom. The molecule has 1 aromatic carbocycles. The molecule has 0 atom stereocenters. The van der Waals surface area contributed by atoms with Crippen LogP contribution >= 0.6 is 0 Å². The van der Waals surface area contributed by atoms with Gasteiger partial charge in [0.2, 0.25) is 5.91 Å². The maximum atomic E-state index is 12.6. The van der Waals surface area contributed by atoms with E-state index in [1.807, 2.05) is 0 Å². The summed E-state index contributed by atoms with van der Waals surface area (Å²) in [6.07, 6.45) is 0.0773. The Hall–Kier alpha value is -1.42. The fourth-order valence-electron chi connectivity index (χ4n) is 1.07. The fraction of sp³-hybridized carbons (Fsp3) is 0.300. The predicted octanol–water partition coefficient (Wildman–Crippen LogP) is 1.17. The van der Waals surface area contributed by atoms with Crippen LogP contribution in [0.2, 0.25) is 0 Å². The second kappa shape index (κ2) is 4.72. The summed E-state index contributed by atoms with van der Waals surface area (Å²) in [7, 11) is 1.59. The van der Waals surface area contributed by atoms with E-state index in [4.69, 9.17) is 5.11 Å². The number of aliphatic hydroxyl groups is 1. The molecule has 0 saturated carbocycles. The van der Waals surface area contributed by atoms with Gasteiger partial charge in [-0.05, 0) is 24.3 Å². The topological polar surface area (TPSA) is 40.5 Å². The average molecular weight is 197 g/mol. The maximum Gasteiger partial charge on any atom is 0.229 e. The molecule has 1 aromatic rings. The molecule has 0 spiro atoms. The Morgan fingerprint density at radius 1 is 1.43 bits per heavy atom. The summed E-state index contributed by atoms with van der Waals surface area (Å²) in [6, 6.07) is 5.62. The van der Waals surface area contributed by atoms with Crippen LogP contribution in [0.5, 0.6) is 0 Å². The van der Waals surface area contributed by atoms with Gasteiger partial charge < -0.3 is 10.0 Å². The van der Waals surface area contributed by atoms with Crippen molar-refractivity contribution in [1.82, 2.24) is 0 Å². The number of carbonyl (C=O) groups is 1. The number of amides is 1. The Bertz CT molecular complexity index is 310. The number of aliphatic hydroxyl groups excluding tert-OH is 1. The number of anilines is 1. The smallest absolute Gasteiger partial charge is 0.229 e. The number of carbonyl (C=O) groups excluding carboxylic acids is 1. The lowest BCUT2D eigenvalue weighted by Gasteiger charge is -2.16. The van der Waals surface area contributed by atoms with Gasteiger partial charge >= 0.3 is 0 Å². The van der Waals surface area contributed by atoms with Gasteiger partial charge in [0.1, 0.15) is 5.82 Å². The Balaban J connectivity index is 2.73. The van der Waals surface area contributed by atoms with E-state index < -0.39 is 0 Å². The lowest BCUT2D eigenvalue weighted by atomic mass is 10.2. The molecule has 14 heavy (non-hydrogen) atoms. The average Bonchev–Trinajstić information content (AvgIpc) is 2.18. The number of hydrogen-bond donors (Lipinski definition) is 1. The number of rotatable bonds is 3. The van der Waals surface area contributed by atoms with E-state index in [0.29, 0.717) is 5.69 Å². The zero-order valence-corrected chi connectivity index (χ0v) is 7.90. The van der Waals surface area contributed by atoms with E-state index in [9.17, 15) is 9.18 Å². The van der Waals surface area contributed by atoms with Gasteiger partial charge in [-0.25, -0.2) is 4.39 Å². The lowest BCUT2D eigenvalue weighted by molar-refractivity contribution is -0.118. The van der Waals surface area contributed by atoms with E-state index in [2.05, 4.69) is 0 Å². The molecule has 4 heteroatoms. The molecule has 0 bridgehead atoms. The standard InChI is InChI=1S/C10H12FNO2/c1-12(10(14)6-7-13)9-4-2-8(11)3-5-9/h2-5,13H,6-7H2,1H3. The molecular formula is C10H12FNO2. The van der Waals surface area contributed by atoms with Crippen LogP contribution in [0.3, 0.4) is 0 Å². The van der Waals surface area contributed by atoms with Gasteiger partial charge in [0.05, 0.1) is 13.0 Å². The van der Waals surface area contributed by atoms with E-state index in [1.165, 1.54) is 29.2 Å². The second-order valence-electron chi connectivity index (χ2n) is 2.90. The minimum atomic E-state index is -0.336. The third kappa shape index (κ3) is 2.53. The minimum absolute atomic E-state index is 0.0773. The highest BCUT2D eigenvalue weighted by Gasteiger charge is 2.09. The predicted molar refractivity (Wildman–Crippen MR) is 51.5 cm³/mol. The van der Waals surface area contributed by atoms with Crippen LogP contribution in [0.4, 0.5) is 10.1 Å². The van der Waals surface area contributed by atoms with Gasteiger partial charge in [0.15, 0.2) is 0 Å². The Morgan fingerprint density at radius 3 is 2.50 bits per heavy atom. The van der Waals surface area contributed by atoms with Crippen LogP contribution < -0.4 is 4.90 Å². The molecule has 3 nitrogen and oxygen atoms in total. The highest BCUT2D eigenvalue weighted by Crippen LogP contribution is 2.13. The quantitative estimate of drug-likeness (QED) is 0.790. The monoisotopic (exact) mass is 197 g/mol. The normalized spacial score (nSPS) is 9.93. The molecule has 1 amide bonds. The van der Waals surface area contributed by atoms with Gasteiger partial charge in [-0.1, -0.05) is 0 Å². The van der Waals surface area contributed by atoms with Crippen molar-refractivity contribution in [3.05, 3.63) is 30.1 Å². The van der Waals surface area contributed by atoms with Crippen molar-refractivity contribution >= 4 is 11.6 Å². The summed E-state index contributed by atoms with van der Waals surface area (Å²) in [5.41, 5.74) is 0.616. The van der Waals surface area contributed by atoms with Crippen LogP contribution in [0.15, 0.2) is 24.3 Å². The summed E-state index contributed by atoms with van der Waals surface area (Å²) in [4.78, 5) is 12.7. The molecule has 0 fully saturated rings. The zero-order chi connectivity index (χ0) is 10.6. The van der Waals surface area contributed by atoms with Crippen LogP contribution in [0.25, 0.3) is 0 Å². The summed E-state index contributed by atoms with van der Waals surface area (Å²) in [5.74, 6) is -0.532. The highest BCUT2D eigenvalue weighted by molar-refractivity contribution is 5.92. The first kappa shape index (κ1) is 10.7. The van der Waals surface area contributed by atoms with Crippen molar-refractivity contribution in [3.8, 4) is 0 Å². The third-order valence-electron chi connectivity index (χ3n) is 1.91. The summed E-state index contributed by atoms with van der Waals surface area (Å²) >= 11 is 0. The number of benzene rings is 1. The molecule has 1 N–H and O–H groups in total. The van der Waals surface area contributed by atoms with Crippen molar-refractivity contribution in [2.45, 2.75) is 6.42 Å². The first-order chi connectivity index (χ1) is 6.65. The van der Waals surface area contributed by atoms with Crippen molar-refractivity contribution in [3.63, 3.8) is 0 Å². The highest BCUT2D eigenvalue weighted by atomic mass is 19.1. The molecule has 0 heterocycles. The molecule has 0 aromatic heterocycles. The van der Waals surface area contributed by atoms with Gasteiger partial charge in [-0.3, -0.25) is 4.79 Å². The molecule has 0 unspecified atom stereocenters. The van der Waals surface area contributed by atoms with Crippen molar-refractivity contribution in [2.75, 3.05) is 18.6 Å². The summed E-state index contributed by atoms with van der Waals surface area (Å²) < 4.78 is 12.6. The largest absolute Gasteiger partial charge is 0.396 e. The molecule has 1 rings (SSSR count). The zero-order valence-electron chi connectivity index (χ0n) is 7.90. The number of hydrogen-bond acceptors (Lipinski definition) is 2. The molecule has 0 aliphatic heterocycles. The van der Waals surface area contributed by atoms with Crippen molar-refractivity contribution < 1.29 is 14.3 Å². The Kier molecular flexibility index (Phi) is 3.59. The van der Waals surface area contributed by atoms with Gasteiger partial charge in [0, 0.05) is 12.7 Å². The molecule has 0 aliphatic rings. The van der Waals surface area contributed by atoms with Gasteiger partial charge in [-0.15, -0.1) is 0 Å². The molecule has 0 radical (unpaired) electrons. The van der Waals surface area contributed by atoms with E-state index in [1.54, 1.807) is 7.05 Å². The molecular weight excluding hydrogens is 185 g/mol.